The summed E-state index contributed by atoms with van der Waals surface area (Å²) in [6.45, 7) is 4.44. The Hall–Kier alpha value is -1.87. The summed E-state index contributed by atoms with van der Waals surface area (Å²) >= 11 is 0. The van der Waals surface area contributed by atoms with Gasteiger partial charge in [0.05, 0.1) is 0 Å². The third kappa shape index (κ3) is 3.58. The van der Waals surface area contributed by atoms with Gasteiger partial charge in [-0.1, -0.05) is 18.2 Å². The molecule has 0 fully saturated rings. The fourth-order valence-electron chi connectivity index (χ4n) is 2.02. The minimum absolute atomic E-state index is 0.212. The number of nitrogens with one attached hydrogen (secondary N) is 1. The highest BCUT2D eigenvalue weighted by molar-refractivity contribution is 5.31. The molecule has 106 valence electrons. The minimum atomic E-state index is -0.212. The second-order valence-electron chi connectivity index (χ2n) is 4.94. The number of rotatable bonds is 5. The van der Waals surface area contributed by atoms with Crippen molar-refractivity contribution in [2.75, 3.05) is 7.05 Å². The molecule has 0 aromatic heterocycles. The smallest absolute Gasteiger partial charge is 0.123 e. The lowest BCUT2D eigenvalue weighted by molar-refractivity contribution is 0.304. The summed E-state index contributed by atoms with van der Waals surface area (Å²) in [6.07, 6.45) is 0. The number of ether oxygens (including phenoxy) is 1. The van der Waals surface area contributed by atoms with Crippen LogP contribution in [0.3, 0.4) is 0 Å². The molecule has 20 heavy (non-hydrogen) atoms. The zero-order valence-electron chi connectivity index (χ0n) is 12.1. The largest absolute Gasteiger partial charge is 0.489 e. The third-order valence-corrected chi connectivity index (χ3v) is 3.49. The first-order valence-corrected chi connectivity index (χ1v) is 6.75. The molecule has 0 amide bonds. The van der Waals surface area contributed by atoms with E-state index in [1.807, 2.05) is 32.2 Å². The average Bonchev–Trinajstić information content (AvgIpc) is 2.46. The molecule has 2 aromatic carbocycles. The van der Waals surface area contributed by atoms with Gasteiger partial charge in [-0.2, -0.15) is 0 Å². The van der Waals surface area contributed by atoms with Crippen LogP contribution in [0, 0.1) is 12.7 Å². The summed E-state index contributed by atoms with van der Waals surface area (Å²) in [5.74, 6) is 0.615. The van der Waals surface area contributed by atoms with Gasteiger partial charge in [-0.15, -0.1) is 0 Å². The van der Waals surface area contributed by atoms with Crippen LogP contribution in [0.2, 0.25) is 0 Å². The SMILES string of the molecule is CNC(C)c1cccc(OCc2ccc(F)cc2C)c1. The van der Waals surface area contributed by atoms with E-state index in [2.05, 4.69) is 18.3 Å². The van der Waals surface area contributed by atoms with Crippen LogP contribution >= 0.6 is 0 Å². The highest BCUT2D eigenvalue weighted by Crippen LogP contribution is 2.20. The van der Waals surface area contributed by atoms with Crippen molar-refractivity contribution in [2.45, 2.75) is 26.5 Å². The van der Waals surface area contributed by atoms with Gasteiger partial charge in [-0.3, -0.25) is 0 Å². The maximum absolute atomic E-state index is 13.0. The van der Waals surface area contributed by atoms with E-state index in [1.54, 1.807) is 6.07 Å². The van der Waals surface area contributed by atoms with E-state index >= 15 is 0 Å². The van der Waals surface area contributed by atoms with Crippen LogP contribution in [-0.2, 0) is 6.61 Å². The number of benzene rings is 2. The van der Waals surface area contributed by atoms with Gasteiger partial charge < -0.3 is 10.1 Å². The zero-order chi connectivity index (χ0) is 14.5. The Labute approximate surface area is 119 Å². The van der Waals surface area contributed by atoms with Crippen molar-refractivity contribution in [3.63, 3.8) is 0 Å². The quantitative estimate of drug-likeness (QED) is 0.889. The van der Waals surface area contributed by atoms with Crippen molar-refractivity contribution in [3.05, 3.63) is 65.0 Å². The van der Waals surface area contributed by atoms with Crippen molar-refractivity contribution in [1.29, 1.82) is 0 Å². The van der Waals surface area contributed by atoms with Crippen LogP contribution in [0.5, 0.6) is 5.75 Å². The van der Waals surface area contributed by atoms with E-state index < -0.39 is 0 Å². The molecule has 0 aliphatic rings. The Bertz CT molecular complexity index is 583. The first kappa shape index (κ1) is 14.5. The Morgan fingerprint density at radius 2 is 2.00 bits per heavy atom. The molecular formula is C17H20FNO. The highest BCUT2D eigenvalue weighted by atomic mass is 19.1. The fraction of sp³-hybridized carbons (Fsp3) is 0.294. The predicted molar refractivity (Wildman–Crippen MR) is 79.4 cm³/mol. The zero-order valence-corrected chi connectivity index (χ0v) is 12.1. The van der Waals surface area contributed by atoms with Crippen LogP contribution < -0.4 is 10.1 Å². The molecule has 1 atom stereocenters. The number of aryl methyl sites for hydroxylation is 1. The molecule has 0 aliphatic carbocycles. The predicted octanol–water partition coefficient (Wildman–Crippen LogP) is 3.99. The first-order valence-electron chi connectivity index (χ1n) is 6.75. The number of hydrogen-bond acceptors (Lipinski definition) is 2. The van der Waals surface area contributed by atoms with Gasteiger partial charge >= 0.3 is 0 Å². The van der Waals surface area contributed by atoms with Crippen LogP contribution in [0.4, 0.5) is 4.39 Å². The third-order valence-electron chi connectivity index (χ3n) is 3.49. The summed E-state index contributed by atoms with van der Waals surface area (Å²) < 4.78 is 18.8. The molecule has 2 rings (SSSR count). The molecule has 0 bridgehead atoms. The van der Waals surface area contributed by atoms with Gasteiger partial charge in [-0.05, 0) is 61.9 Å². The summed E-state index contributed by atoms with van der Waals surface area (Å²) in [7, 11) is 1.93. The monoisotopic (exact) mass is 273 g/mol. The molecule has 0 saturated carbocycles. The fourth-order valence-corrected chi connectivity index (χ4v) is 2.02. The van der Waals surface area contributed by atoms with E-state index in [4.69, 9.17) is 4.74 Å². The van der Waals surface area contributed by atoms with E-state index in [0.29, 0.717) is 6.61 Å². The minimum Gasteiger partial charge on any atom is -0.489 e. The lowest BCUT2D eigenvalue weighted by Gasteiger charge is -2.13. The van der Waals surface area contributed by atoms with Crippen LogP contribution in [-0.4, -0.2) is 7.05 Å². The van der Waals surface area contributed by atoms with Crippen molar-refractivity contribution in [3.8, 4) is 5.75 Å². The molecule has 0 saturated heterocycles. The molecule has 0 spiro atoms. The molecule has 0 radical (unpaired) electrons. The first-order chi connectivity index (χ1) is 9.60. The normalized spacial score (nSPS) is 12.2. The second-order valence-corrected chi connectivity index (χ2v) is 4.94. The van der Waals surface area contributed by atoms with Crippen LogP contribution in [0.25, 0.3) is 0 Å². The van der Waals surface area contributed by atoms with Crippen LogP contribution in [0.15, 0.2) is 42.5 Å². The summed E-state index contributed by atoms with van der Waals surface area (Å²) in [6, 6.07) is 13.1. The lowest BCUT2D eigenvalue weighted by Crippen LogP contribution is -2.12. The van der Waals surface area contributed by atoms with Crippen molar-refractivity contribution in [2.24, 2.45) is 0 Å². The molecular weight excluding hydrogens is 253 g/mol. The van der Waals surface area contributed by atoms with Gasteiger partial charge in [0.15, 0.2) is 0 Å². The second kappa shape index (κ2) is 6.53. The van der Waals surface area contributed by atoms with Gasteiger partial charge in [0.25, 0.3) is 0 Å². The van der Waals surface area contributed by atoms with Gasteiger partial charge in [-0.25, -0.2) is 4.39 Å². The van der Waals surface area contributed by atoms with Crippen molar-refractivity contribution >= 4 is 0 Å². The Balaban J connectivity index is 2.07. The van der Waals surface area contributed by atoms with Crippen molar-refractivity contribution < 1.29 is 9.13 Å². The molecule has 3 heteroatoms. The highest BCUT2D eigenvalue weighted by Gasteiger charge is 2.05. The van der Waals surface area contributed by atoms with E-state index in [1.165, 1.54) is 17.7 Å². The standard InChI is InChI=1S/C17H20FNO/c1-12-9-16(18)8-7-15(12)11-20-17-6-4-5-14(10-17)13(2)19-3/h4-10,13,19H,11H2,1-3H3. The maximum Gasteiger partial charge on any atom is 0.123 e. The Kier molecular flexibility index (Phi) is 4.74. The summed E-state index contributed by atoms with van der Waals surface area (Å²) in [5, 5.41) is 3.20. The van der Waals surface area contributed by atoms with Gasteiger partial charge in [0.1, 0.15) is 18.2 Å². The number of hydrogen-bond donors (Lipinski definition) is 1. The average molecular weight is 273 g/mol. The summed E-state index contributed by atoms with van der Waals surface area (Å²) in [5.41, 5.74) is 3.09. The molecule has 1 N–H and O–H groups in total. The Morgan fingerprint density at radius 3 is 2.70 bits per heavy atom. The van der Waals surface area contributed by atoms with E-state index in [0.717, 1.165) is 16.9 Å². The van der Waals surface area contributed by atoms with Crippen molar-refractivity contribution in [1.82, 2.24) is 5.32 Å². The maximum atomic E-state index is 13.0. The van der Waals surface area contributed by atoms with Gasteiger partial charge in [0, 0.05) is 6.04 Å². The molecule has 0 aliphatic heterocycles. The van der Waals surface area contributed by atoms with Gasteiger partial charge in [0.2, 0.25) is 0 Å². The van der Waals surface area contributed by atoms with E-state index in [9.17, 15) is 4.39 Å². The number of halogens is 1. The molecule has 2 aromatic rings. The topological polar surface area (TPSA) is 21.3 Å². The van der Waals surface area contributed by atoms with E-state index in [-0.39, 0.29) is 11.9 Å². The molecule has 2 nitrogen and oxygen atoms in total. The Morgan fingerprint density at radius 1 is 1.20 bits per heavy atom. The van der Waals surface area contributed by atoms with Crippen LogP contribution in [0.1, 0.15) is 29.7 Å². The lowest BCUT2D eigenvalue weighted by atomic mass is 10.1. The molecule has 1 unspecified atom stereocenters. The summed E-state index contributed by atoms with van der Waals surface area (Å²) in [4.78, 5) is 0. The molecule has 0 heterocycles.